The molecule has 0 aromatic carbocycles. The fraction of sp³-hybridized carbons (Fsp3) is 0.671. The Morgan fingerprint density at radius 2 is 0.531 bits per heavy atom. The third-order valence-corrected chi connectivity index (χ3v) is 17.0. The van der Waals surface area contributed by atoms with E-state index in [9.17, 15) is 43.2 Å². The van der Waals surface area contributed by atoms with Crippen LogP contribution in [0.15, 0.2) is 134 Å². The number of hydrogen-bond acceptors (Lipinski definition) is 15. The van der Waals surface area contributed by atoms with Crippen LogP contribution in [0.1, 0.15) is 285 Å². The van der Waals surface area contributed by atoms with E-state index in [0.717, 1.165) is 154 Å². The van der Waals surface area contributed by atoms with Gasteiger partial charge in [0, 0.05) is 25.7 Å². The van der Waals surface area contributed by atoms with E-state index in [2.05, 4.69) is 161 Å². The van der Waals surface area contributed by atoms with Crippen molar-refractivity contribution in [3.05, 3.63) is 134 Å². The van der Waals surface area contributed by atoms with Gasteiger partial charge in [0.15, 0.2) is 12.2 Å². The second kappa shape index (κ2) is 70.6. The minimum atomic E-state index is -4.99. The zero-order chi connectivity index (χ0) is 71.8. The number of esters is 4. The molecule has 0 aromatic rings. The first-order valence-corrected chi connectivity index (χ1v) is 40.4. The molecule has 5 atom stereocenters. The molecule has 19 heteroatoms. The van der Waals surface area contributed by atoms with Crippen molar-refractivity contribution in [2.45, 2.75) is 303 Å². The molecule has 560 valence electrons. The van der Waals surface area contributed by atoms with Crippen molar-refractivity contribution < 1.29 is 80.2 Å². The molecule has 0 spiro atoms. The molecule has 0 saturated heterocycles. The van der Waals surface area contributed by atoms with E-state index >= 15 is 0 Å². The van der Waals surface area contributed by atoms with Crippen LogP contribution in [0.2, 0.25) is 0 Å². The summed E-state index contributed by atoms with van der Waals surface area (Å²) in [5, 5.41) is 10.6. The molecule has 0 bridgehead atoms. The van der Waals surface area contributed by atoms with Gasteiger partial charge < -0.3 is 33.8 Å². The molecule has 0 rings (SSSR count). The summed E-state index contributed by atoms with van der Waals surface area (Å²) >= 11 is 0. The number of carbonyl (C=O) groups excluding carboxylic acids is 4. The van der Waals surface area contributed by atoms with Gasteiger partial charge in [0.25, 0.3) is 0 Å². The number of phosphoric acid groups is 2. The van der Waals surface area contributed by atoms with Crippen molar-refractivity contribution in [2.75, 3.05) is 39.6 Å². The highest BCUT2D eigenvalue weighted by atomic mass is 31.2. The topological polar surface area (TPSA) is 237 Å². The van der Waals surface area contributed by atoms with Gasteiger partial charge in [-0.3, -0.25) is 37.3 Å². The fourth-order valence-electron chi connectivity index (χ4n) is 9.51. The lowest BCUT2D eigenvalue weighted by Gasteiger charge is -2.21. The van der Waals surface area contributed by atoms with Crippen LogP contribution < -0.4 is 0 Å². The van der Waals surface area contributed by atoms with Crippen molar-refractivity contribution in [1.29, 1.82) is 0 Å². The predicted molar refractivity (Wildman–Crippen MR) is 399 cm³/mol. The van der Waals surface area contributed by atoms with Crippen molar-refractivity contribution in [3.8, 4) is 0 Å². The van der Waals surface area contributed by atoms with Crippen molar-refractivity contribution in [2.24, 2.45) is 0 Å². The average molecular weight is 1420 g/mol. The van der Waals surface area contributed by atoms with Gasteiger partial charge in [-0.1, -0.05) is 258 Å². The van der Waals surface area contributed by atoms with E-state index in [1.54, 1.807) is 0 Å². The summed E-state index contributed by atoms with van der Waals surface area (Å²) in [5.41, 5.74) is 0. The van der Waals surface area contributed by atoms with Gasteiger partial charge in [0.2, 0.25) is 0 Å². The fourth-order valence-corrected chi connectivity index (χ4v) is 11.1. The molecule has 0 radical (unpaired) electrons. The van der Waals surface area contributed by atoms with Gasteiger partial charge in [0.05, 0.1) is 26.4 Å². The standard InChI is InChI=1S/C79H132O17P2/c1-5-9-13-17-21-25-29-33-36-40-43-47-51-55-59-63-76(81)89-69-74(95-78(83)65-61-57-53-49-45-39-32-28-24-20-16-12-8-4)71-93-97(85,86)91-67-73(80)68-92-98(87,88)94-72-75(96-79(84)66-62-58-54-50-46-42-38-35-31-27-23-19-15-11-7-3)70-90-77(82)64-60-56-52-48-44-41-37-34-30-26-22-18-14-10-6-2/h9-11,13-15,21-23,25-27,33-38,43-44,47-48,73-75,80H,5-8,12,16-20,24,28-32,39-42,45-46,49-72H2,1-4H3,(H,85,86)(H,87,88)/b13-9-,14-10-,15-11-,25-21-,26-22-,27-23-,36-33-,37-34-,38-35-,47-43-,48-44-. The Morgan fingerprint density at radius 3 is 0.837 bits per heavy atom. The second-order valence-electron chi connectivity index (χ2n) is 24.5. The summed E-state index contributed by atoms with van der Waals surface area (Å²) in [5.74, 6) is -2.29. The number of unbranched alkanes of at least 4 members (excludes halogenated alkanes) is 21. The highest BCUT2D eigenvalue weighted by Gasteiger charge is 2.30. The molecule has 98 heavy (non-hydrogen) atoms. The highest BCUT2D eigenvalue weighted by molar-refractivity contribution is 7.47. The van der Waals surface area contributed by atoms with E-state index in [0.29, 0.717) is 25.7 Å². The number of allylic oxidation sites excluding steroid dienone is 22. The number of hydrogen-bond donors (Lipinski definition) is 3. The third-order valence-electron chi connectivity index (χ3n) is 15.1. The molecule has 0 aromatic heterocycles. The Balaban J connectivity index is 5.43. The van der Waals surface area contributed by atoms with Crippen LogP contribution >= 0.6 is 15.6 Å². The molecule has 0 aliphatic rings. The Kier molecular flexibility index (Phi) is 67.2. The minimum Gasteiger partial charge on any atom is -0.462 e. The molecule has 3 N–H and O–H groups in total. The van der Waals surface area contributed by atoms with Crippen LogP contribution in [0.4, 0.5) is 0 Å². The van der Waals surface area contributed by atoms with Gasteiger partial charge in [-0.25, -0.2) is 9.13 Å². The zero-order valence-electron chi connectivity index (χ0n) is 60.9. The van der Waals surface area contributed by atoms with E-state index < -0.39 is 97.5 Å². The van der Waals surface area contributed by atoms with Gasteiger partial charge in [-0.05, 0) is 135 Å². The monoisotopic (exact) mass is 1410 g/mol. The first-order valence-electron chi connectivity index (χ1n) is 37.4. The SMILES string of the molecule is CC/C=C\C/C=C\C/C=C\C/C=C\CCCCC(=O)OCC(COP(=O)(O)OCC(O)COP(=O)(O)OCC(COC(=O)CCCC/C=C\C/C=C\C/C=C\C/C=C\CC)OC(=O)CCCCCCCCCCCCCCC)OC(=O)CCCCCCC/C=C\C/C=C\C/C=C\CC. The van der Waals surface area contributed by atoms with Crippen LogP contribution in [0.3, 0.4) is 0 Å². The Bertz CT molecular complexity index is 2380. The van der Waals surface area contributed by atoms with E-state index in [1.807, 2.05) is 0 Å². The molecular formula is C79H132O17P2. The Morgan fingerprint density at radius 1 is 0.296 bits per heavy atom. The van der Waals surface area contributed by atoms with Crippen LogP contribution in [0.25, 0.3) is 0 Å². The molecule has 0 aliphatic heterocycles. The van der Waals surface area contributed by atoms with E-state index in [1.165, 1.54) is 51.4 Å². The van der Waals surface area contributed by atoms with Gasteiger partial charge in [-0.15, -0.1) is 0 Å². The predicted octanol–water partition coefficient (Wildman–Crippen LogP) is 21.3. The first-order chi connectivity index (χ1) is 47.7. The maximum atomic E-state index is 13.1. The first kappa shape index (κ1) is 93.2. The lowest BCUT2D eigenvalue weighted by molar-refractivity contribution is -0.161. The second-order valence-corrected chi connectivity index (χ2v) is 27.4. The summed E-state index contributed by atoms with van der Waals surface area (Å²) in [4.78, 5) is 72.8. The zero-order valence-corrected chi connectivity index (χ0v) is 62.7. The summed E-state index contributed by atoms with van der Waals surface area (Å²) in [6.07, 6.45) is 77.4. The van der Waals surface area contributed by atoms with Crippen molar-refractivity contribution >= 4 is 39.5 Å². The number of carbonyl (C=O) groups is 4. The van der Waals surface area contributed by atoms with E-state index in [-0.39, 0.29) is 25.7 Å². The summed E-state index contributed by atoms with van der Waals surface area (Å²) in [6.45, 7) is 4.41. The summed E-state index contributed by atoms with van der Waals surface area (Å²) in [7, 11) is -9.98. The Labute approximate surface area is 593 Å². The molecule has 0 heterocycles. The van der Waals surface area contributed by atoms with Crippen LogP contribution in [0, 0.1) is 0 Å². The number of aliphatic hydroxyl groups is 1. The molecule has 0 amide bonds. The van der Waals surface area contributed by atoms with Crippen LogP contribution in [0.5, 0.6) is 0 Å². The lowest BCUT2D eigenvalue weighted by atomic mass is 10.0. The molecule has 0 saturated carbocycles. The number of ether oxygens (including phenoxy) is 4. The van der Waals surface area contributed by atoms with Gasteiger partial charge in [0.1, 0.15) is 19.3 Å². The number of rotatable bonds is 69. The summed E-state index contributed by atoms with van der Waals surface area (Å²) < 4.78 is 68.3. The molecule has 5 unspecified atom stereocenters. The largest absolute Gasteiger partial charge is 0.472 e. The maximum absolute atomic E-state index is 13.1. The maximum Gasteiger partial charge on any atom is 0.472 e. The molecule has 0 aliphatic carbocycles. The van der Waals surface area contributed by atoms with Crippen molar-refractivity contribution in [1.82, 2.24) is 0 Å². The molecule has 0 fully saturated rings. The third kappa shape index (κ3) is 69.7. The average Bonchev–Trinajstić information content (AvgIpc) is 1.04. The number of aliphatic hydroxyl groups excluding tert-OH is 1. The van der Waals surface area contributed by atoms with Gasteiger partial charge >= 0.3 is 39.5 Å². The lowest BCUT2D eigenvalue weighted by Crippen LogP contribution is -2.30. The number of phosphoric ester groups is 2. The minimum absolute atomic E-state index is 0.0622. The molecule has 17 nitrogen and oxygen atoms in total. The van der Waals surface area contributed by atoms with E-state index in [4.69, 9.17) is 37.0 Å². The van der Waals surface area contributed by atoms with Crippen molar-refractivity contribution in [3.63, 3.8) is 0 Å². The summed E-state index contributed by atoms with van der Waals surface area (Å²) in [6, 6.07) is 0. The quantitative estimate of drug-likeness (QED) is 0.0169. The Hall–Kier alpha value is -4.80. The van der Waals surface area contributed by atoms with Gasteiger partial charge in [-0.2, -0.15) is 0 Å². The van der Waals surface area contributed by atoms with Crippen LogP contribution in [-0.2, 0) is 65.4 Å². The van der Waals surface area contributed by atoms with Crippen LogP contribution in [-0.4, -0.2) is 96.7 Å². The smallest absolute Gasteiger partial charge is 0.462 e. The normalized spacial score (nSPS) is 14.7. The molecular weight excluding hydrogens is 1280 g/mol. The highest BCUT2D eigenvalue weighted by Crippen LogP contribution is 2.45.